The van der Waals surface area contributed by atoms with Gasteiger partial charge in [0.2, 0.25) is 5.82 Å². The molecule has 0 radical (unpaired) electrons. The van der Waals surface area contributed by atoms with E-state index in [0.29, 0.717) is 33.1 Å². The van der Waals surface area contributed by atoms with Gasteiger partial charge in [-0.05, 0) is 30.3 Å². The number of halogens is 1. The molecule has 2 aromatic heterocycles. The molecule has 2 heterocycles. The largest absolute Gasteiger partial charge is 0.461 e. The van der Waals surface area contributed by atoms with Crippen molar-refractivity contribution in [3.8, 4) is 11.6 Å². The van der Waals surface area contributed by atoms with Crippen LogP contribution in [0, 0.1) is 0 Å². The number of hydrogen-bond donors (Lipinski definition) is 0. The zero-order valence-corrected chi connectivity index (χ0v) is 13.7. The Hall–Kier alpha value is -3.18. The molecule has 0 N–H and O–H groups in total. The molecule has 0 aliphatic carbocycles. The van der Waals surface area contributed by atoms with Crippen molar-refractivity contribution in [1.82, 2.24) is 9.66 Å². The van der Waals surface area contributed by atoms with E-state index in [1.807, 2.05) is 24.3 Å². The van der Waals surface area contributed by atoms with Gasteiger partial charge in [0.25, 0.3) is 5.56 Å². The van der Waals surface area contributed by atoms with Gasteiger partial charge in [-0.1, -0.05) is 41.9 Å². The van der Waals surface area contributed by atoms with E-state index >= 15 is 0 Å². The molecule has 6 heteroatoms. The van der Waals surface area contributed by atoms with E-state index in [1.165, 1.54) is 17.2 Å². The van der Waals surface area contributed by atoms with Crippen molar-refractivity contribution in [2.24, 2.45) is 5.10 Å². The number of furan rings is 1. The van der Waals surface area contributed by atoms with E-state index in [0.717, 1.165) is 0 Å². The Morgan fingerprint density at radius 2 is 1.84 bits per heavy atom. The van der Waals surface area contributed by atoms with Crippen LogP contribution in [0.1, 0.15) is 5.56 Å². The second-order valence-corrected chi connectivity index (χ2v) is 5.72. The summed E-state index contributed by atoms with van der Waals surface area (Å²) in [6, 6.07) is 17.9. The summed E-state index contributed by atoms with van der Waals surface area (Å²) in [5.41, 5.74) is 1.01. The van der Waals surface area contributed by atoms with Crippen LogP contribution < -0.4 is 5.56 Å². The molecule has 0 amide bonds. The summed E-state index contributed by atoms with van der Waals surface area (Å²) in [5.74, 6) is 0.788. The molecule has 4 aromatic rings. The zero-order chi connectivity index (χ0) is 17.2. The van der Waals surface area contributed by atoms with Gasteiger partial charge in [-0.15, -0.1) is 0 Å². The van der Waals surface area contributed by atoms with Crippen LogP contribution in [0.25, 0.3) is 22.5 Å². The molecule has 5 nitrogen and oxygen atoms in total. The normalized spacial score (nSPS) is 11.4. The molecule has 0 spiro atoms. The average molecular weight is 350 g/mol. The first-order valence-electron chi connectivity index (χ1n) is 7.58. The molecule has 0 fully saturated rings. The molecule has 0 saturated heterocycles. The zero-order valence-electron chi connectivity index (χ0n) is 13.0. The fraction of sp³-hybridized carbons (Fsp3) is 0. The third kappa shape index (κ3) is 2.86. The van der Waals surface area contributed by atoms with E-state index < -0.39 is 0 Å². The fourth-order valence-electron chi connectivity index (χ4n) is 2.50. The van der Waals surface area contributed by atoms with Gasteiger partial charge >= 0.3 is 0 Å². The van der Waals surface area contributed by atoms with Crippen LogP contribution >= 0.6 is 11.6 Å². The number of para-hydroxylation sites is 1. The second kappa shape index (κ2) is 6.37. The molecule has 2 aromatic carbocycles. The lowest BCUT2D eigenvalue weighted by atomic mass is 10.2. The van der Waals surface area contributed by atoms with Gasteiger partial charge in [-0.25, -0.2) is 4.98 Å². The number of nitrogens with zero attached hydrogens (tertiary/aromatic N) is 3. The molecule has 0 atom stereocenters. The number of hydrogen-bond acceptors (Lipinski definition) is 4. The Balaban J connectivity index is 1.95. The quantitative estimate of drug-likeness (QED) is 0.521. The smallest absolute Gasteiger partial charge is 0.282 e. The average Bonchev–Trinajstić information content (AvgIpc) is 3.17. The van der Waals surface area contributed by atoms with Gasteiger partial charge < -0.3 is 4.42 Å². The van der Waals surface area contributed by atoms with E-state index in [9.17, 15) is 4.79 Å². The predicted molar refractivity (Wildman–Crippen MR) is 98.1 cm³/mol. The maximum Gasteiger partial charge on any atom is 0.282 e. The highest BCUT2D eigenvalue weighted by Gasteiger charge is 2.14. The second-order valence-electron chi connectivity index (χ2n) is 5.31. The molecule has 4 rings (SSSR count). The van der Waals surface area contributed by atoms with Crippen molar-refractivity contribution in [1.29, 1.82) is 0 Å². The summed E-state index contributed by atoms with van der Waals surface area (Å²) >= 11 is 6.15. The fourth-order valence-corrected chi connectivity index (χ4v) is 2.68. The van der Waals surface area contributed by atoms with Gasteiger partial charge in [-0.3, -0.25) is 4.79 Å². The van der Waals surface area contributed by atoms with Gasteiger partial charge in [0.1, 0.15) is 0 Å². The van der Waals surface area contributed by atoms with Crippen molar-refractivity contribution >= 4 is 28.7 Å². The first-order valence-corrected chi connectivity index (χ1v) is 7.96. The summed E-state index contributed by atoms with van der Waals surface area (Å²) in [7, 11) is 0. The van der Waals surface area contributed by atoms with Crippen molar-refractivity contribution in [3.63, 3.8) is 0 Å². The van der Waals surface area contributed by atoms with Crippen LogP contribution in [0.2, 0.25) is 5.02 Å². The van der Waals surface area contributed by atoms with Crippen LogP contribution in [-0.4, -0.2) is 15.9 Å². The first kappa shape index (κ1) is 15.4. The van der Waals surface area contributed by atoms with E-state index in [-0.39, 0.29) is 5.56 Å². The minimum Gasteiger partial charge on any atom is -0.461 e. The number of rotatable bonds is 3. The monoisotopic (exact) mass is 349 g/mol. The molecule has 0 saturated carbocycles. The minimum atomic E-state index is -0.277. The molecular weight excluding hydrogens is 338 g/mol. The van der Waals surface area contributed by atoms with Crippen LogP contribution in [0.5, 0.6) is 0 Å². The van der Waals surface area contributed by atoms with Gasteiger partial charge in [0.05, 0.1) is 23.4 Å². The Morgan fingerprint density at radius 3 is 2.64 bits per heavy atom. The molecule has 122 valence electrons. The summed E-state index contributed by atoms with van der Waals surface area (Å²) in [6.07, 6.45) is 3.06. The molecule has 0 aliphatic heterocycles. The van der Waals surface area contributed by atoms with Crippen LogP contribution in [0.4, 0.5) is 0 Å². The Morgan fingerprint density at radius 1 is 1.04 bits per heavy atom. The van der Waals surface area contributed by atoms with Crippen LogP contribution in [-0.2, 0) is 0 Å². The van der Waals surface area contributed by atoms with Crippen LogP contribution in [0.15, 0.2) is 81.2 Å². The highest BCUT2D eigenvalue weighted by molar-refractivity contribution is 6.33. The van der Waals surface area contributed by atoms with Crippen molar-refractivity contribution < 1.29 is 4.42 Å². The van der Waals surface area contributed by atoms with Crippen molar-refractivity contribution in [3.05, 3.63) is 87.9 Å². The third-order valence-corrected chi connectivity index (χ3v) is 4.06. The van der Waals surface area contributed by atoms with Crippen molar-refractivity contribution in [2.45, 2.75) is 0 Å². The van der Waals surface area contributed by atoms with E-state index in [2.05, 4.69) is 10.1 Å². The summed E-state index contributed by atoms with van der Waals surface area (Å²) in [6.45, 7) is 0. The lowest BCUT2D eigenvalue weighted by molar-refractivity contribution is 0.571. The molecule has 0 unspecified atom stereocenters. The Bertz CT molecular complexity index is 1130. The SMILES string of the molecule is O=c1c2ccccc2nc(-c2ccco2)n1/N=C/c1ccccc1Cl. The Kier molecular flexibility index (Phi) is 3.91. The van der Waals surface area contributed by atoms with E-state index in [4.69, 9.17) is 16.0 Å². The van der Waals surface area contributed by atoms with Gasteiger partial charge in [0, 0.05) is 10.6 Å². The van der Waals surface area contributed by atoms with Crippen molar-refractivity contribution in [2.75, 3.05) is 0 Å². The maximum atomic E-state index is 12.9. The summed E-state index contributed by atoms with van der Waals surface area (Å²) in [4.78, 5) is 17.4. The highest BCUT2D eigenvalue weighted by Crippen LogP contribution is 2.19. The van der Waals surface area contributed by atoms with Gasteiger partial charge in [-0.2, -0.15) is 9.78 Å². The van der Waals surface area contributed by atoms with Crippen LogP contribution in [0.3, 0.4) is 0 Å². The maximum absolute atomic E-state index is 12.9. The number of fused-ring (bicyclic) bond motifs is 1. The number of benzene rings is 2. The lowest BCUT2D eigenvalue weighted by Crippen LogP contribution is -2.20. The summed E-state index contributed by atoms with van der Waals surface area (Å²) in [5, 5.41) is 5.34. The molecular formula is C19H12ClN3O2. The topological polar surface area (TPSA) is 60.4 Å². The molecule has 0 aliphatic rings. The third-order valence-electron chi connectivity index (χ3n) is 3.71. The Labute approximate surface area is 147 Å². The number of aromatic nitrogens is 2. The minimum absolute atomic E-state index is 0.277. The predicted octanol–water partition coefficient (Wildman–Crippen LogP) is 4.19. The molecule has 0 bridgehead atoms. The highest BCUT2D eigenvalue weighted by atomic mass is 35.5. The van der Waals surface area contributed by atoms with E-state index in [1.54, 1.807) is 36.4 Å². The molecule has 25 heavy (non-hydrogen) atoms. The summed E-state index contributed by atoms with van der Waals surface area (Å²) < 4.78 is 6.64. The first-order chi connectivity index (χ1) is 12.2. The lowest BCUT2D eigenvalue weighted by Gasteiger charge is -2.07. The van der Waals surface area contributed by atoms with Gasteiger partial charge in [0.15, 0.2) is 5.76 Å². The standard InChI is InChI=1S/C19H12ClN3O2/c20-15-8-3-1-6-13(15)12-21-23-18(17-10-5-11-25-17)22-16-9-4-2-7-14(16)19(23)24/h1-12H/b21-12+.